The molecule has 0 aliphatic heterocycles. The van der Waals surface area contributed by atoms with Gasteiger partial charge in [0.25, 0.3) is 0 Å². The minimum absolute atomic E-state index is 0.407. The number of benzene rings is 1. The first kappa shape index (κ1) is 16.4. The van der Waals surface area contributed by atoms with E-state index in [-0.39, 0.29) is 0 Å². The van der Waals surface area contributed by atoms with E-state index in [9.17, 15) is 8.42 Å². The van der Waals surface area contributed by atoms with Gasteiger partial charge in [0.05, 0.1) is 5.69 Å². The molecule has 0 fully saturated rings. The van der Waals surface area contributed by atoms with Crippen molar-refractivity contribution in [1.29, 1.82) is 0 Å². The van der Waals surface area contributed by atoms with E-state index in [1.54, 1.807) is 13.1 Å². The second-order valence-corrected chi connectivity index (χ2v) is 6.92. The van der Waals surface area contributed by atoms with E-state index in [0.717, 1.165) is 16.5 Å². The fourth-order valence-corrected chi connectivity index (χ4v) is 3.02. The lowest BCUT2D eigenvalue weighted by molar-refractivity contribution is 0.468. The maximum Gasteiger partial charge on any atom is 0.301 e. The van der Waals surface area contributed by atoms with Gasteiger partial charge in [0.1, 0.15) is 0 Å². The molecule has 0 radical (unpaired) electrons. The van der Waals surface area contributed by atoms with E-state index in [1.807, 2.05) is 19.1 Å². The molecule has 0 spiro atoms. The molecule has 7 heteroatoms. The Bertz CT molecular complexity index is 520. The molecule has 0 saturated heterocycles. The van der Waals surface area contributed by atoms with Crippen molar-refractivity contribution in [1.82, 2.24) is 4.31 Å². The number of anilines is 1. The molecule has 0 saturated carbocycles. The molecule has 0 atom stereocenters. The Morgan fingerprint density at radius 1 is 1.42 bits per heavy atom. The molecule has 5 nitrogen and oxygen atoms in total. The molecule has 1 aromatic carbocycles. The highest BCUT2D eigenvalue weighted by Gasteiger charge is 2.18. The van der Waals surface area contributed by atoms with E-state index in [4.69, 9.17) is 5.73 Å². The van der Waals surface area contributed by atoms with Gasteiger partial charge < -0.3 is 5.73 Å². The maximum absolute atomic E-state index is 12.1. The van der Waals surface area contributed by atoms with Crippen LogP contribution in [-0.4, -0.2) is 32.9 Å². The minimum Gasteiger partial charge on any atom is -0.330 e. The van der Waals surface area contributed by atoms with Gasteiger partial charge in [0, 0.05) is 18.1 Å². The first-order chi connectivity index (χ1) is 8.90. The van der Waals surface area contributed by atoms with Crippen molar-refractivity contribution in [3.63, 3.8) is 0 Å². The summed E-state index contributed by atoms with van der Waals surface area (Å²) in [5, 5.41) is 0. The summed E-state index contributed by atoms with van der Waals surface area (Å²) in [7, 11) is -1.97. The molecule has 0 aliphatic carbocycles. The Balaban J connectivity index is 2.89. The van der Waals surface area contributed by atoms with Gasteiger partial charge in [-0.1, -0.05) is 22.9 Å². The highest BCUT2D eigenvalue weighted by Crippen LogP contribution is 2.23. The summed E-state index contributed by atoms with van der Waals surface area (Å²) in [5.74, 6) is 0. The van der Waals surface area contributed by atoms with E-state index in [0.29, 0.717) is 25.2 Å². The quantitative estimate of drug-likeness (QED) is 0.789. The largest absolute Gasteiger partial charge is 0.330 e. The molecule has 0 heterocycles. The van der Waals surface area contributed by atoms with Crippen molar-refractivity contribution >= 4 is 31.8 Å². The lowest BCUT2D eigenvalue weighted by atomic mass is 10.1. The Labute approximate surface area is 123 Å². The first-order valence-electron chi connectivity index (χ1n) is 6.13. The van der Waals surface area contributed by atoms with Crippen LogP contribution >= 0.6 is 15.9 Å². The number of aryl methyl sites for hydroxylation is 1. The molecule has 0 aromatic heterocycles. The van der Waals surface area contributed by atoms with Gasteiger partial charge >= 0.3 is 10.2 Å². The zero-order chi connectivity index (χ0) is 14.5. The van der Waals surface area contributed by atoms with Crippen molar-refractivity contribution in [2.75, 3.05) is 24.9 Å². The fourth-order valence-electron chi connectivity index (χ4n) is 1.61. The van der Waals surface area contributed by atoms with Crippen LogP contribution in [0.5, 0.6) is 0 Å². The summed E-state index contributed by atoms with van der Waals surface area (Å²) < 4.78 is 29.1. The van der Waals surface area contributed by atoms with Gasteiger partial charge in [-0.25, -0.2) is 0 Å². The van der Waals surface area contributed by atoms with Crippen molar-refractivity contribution in [2.45, 2.75) is 19.8 Å². The number of rotatable bonds is 7. The molecule has 0 amide bonds. The minimum atomic E-state index is -3.52. The summed E-state index contributed by atoms with van der Waals surface area (Å²) in [4.78, 5) is 0. The molecule has 1 aromatic rings. The standard InChI is InChI=1S/C12H20BrN3O2S/c1-3-10-9-11(13)5-6-12(10)15-19(17,18)16(2)8-4-7-14/h5-6,9,15H,3-4,7-8,14H2,1-2H3. The number of halogens is 1. The third-order valence-electron chi connectivity index (χ3n) is 2.77. The SMILES string of the molecule is CCc1cc(Br)ccc1NS(=O)(=O)N(C)CCCN. The number of nitrogens with zero attached hydrogens (tertiary/aromatic N) is 1. The van der Waals surface area contributed by atoms with E-state index in [1.165, 1.54) is 4.31 Å². The Hall–Kier alpha value is -0.630. The summed E-state index contributed by atoms with van der Waals surface area (Å²) in [6.07, 6.45) is 1.39. The zero-order valence-corrected chi connectivity index (χ0v) is 13.6. The van der Waals surface area contributed by atoms with Gasteiger partial charge in [0.15, 0.2) is 0 Å². The zero-order valence-electron chi connectivity index (χ0n) is 11.2. The van der Waals surface area contributed by atoms with Crippen LogP contribution in [-0.2, 0) is 16.6 Å². The average Bonchev–Trinajstić information content (AvgIpc) is 2.37. The molecular weight excluding hydrogens is 330 g/mol. The predicted octanol–water partition coefficient (Wildman–Crippen LogP) is 1.95. The van der Waals surface area contributed by atoms with Crippen LogP contribution in [0.15, 0.2) is 22.7 Å². The third-order valence-corrected chi connectivity index (χ3v) is 4.75. The summed E-state index contributed by atoms with van der Waals surface area (Å²) in [6.45, 7) is 2.86. The van der Waals surface area contributed by atoms with Crippen molar-refractivity contribution < 1.29 is 8.42 Å². The van der Waals surface area contributed by atoms with Gasteiger partial charge in [0.2, 0.25) is 0 Å². The van der Waals surface area contributed by atoms with Gasteiger partial charge in [-0.3, -0.25) is 4.72 Å². The van der Waals surface area contributed by atoms with Crippen molar-refractivity contribution in [3.05, 3.63) is 28.2 Å². The van der Waals surface area contributed by atoms with Crippen LogP contribution in [0.4, 0.5) is 5.69 Å². The van der Waals surface area contributed by atoms with Crippen LogP contribution in [0.2, 0.25) is 0 Å². The Kier molecular flexibility index (Phi) is 6.25. The highest BCUT2D eigenvalue weighted by molar-refractivity contribution is 9.10. The molecular formula is C12H20BrN3O2S. The molecule has 0 unspecified atom stereocenters. The highest BCUT2D eigenvalue weighted by atomic mass is 79.9. The average molecular weight is 350 g/mol. The van der Waals surface area contributed by atoms with E-state index >= 15 is 0 Å². The smallest absolute Gasteiger partial charge is 0.301 e. The molecule has 1 rings (SSSR count). The summed E-state index contributed by atoms with van der Waals surface area (Å²) in [6, 6.07) is 5.49. The van der Waals surface area contributed by atoms with Crippen LogP contribution in [0.3, 0.4) is 0 Å². The van der Waals surface area contributed by atoms with Crippen molar-refractivity contribution in [3.8, 4) is 0 Å². The monoisotopic (exact) mass is 349 g/mol. The van der Waals surface area contributed by atoms with Gasteiger partial charge in [-0.05, 0) is 43.1 Å². The number of nitrogens with one attached hydrogen (secondary N) is 1. The number of hydrogen-bond acceptors (Lipinski definition) is 3. The Morgan fingerprint density at radius 3 is 2.68 bits per heavy atom. The predicted molar refractivity (Wildman–Crippen MR) is 82.4 cm³/mol. The normalized spacial score (nSPS) is 11.8. The van der Waals surface area contributed by atoms with E-state index < -0.39 is 10.2 Å². The van der Waals surface area contributed by atoms with Crippen LogP contribution in [0, 0.1) is 0 Å². The van der Waals surface area contributed by atoms with Crippen LogP contribution in [0.1, 0.15) is 18.9 Å². The molecule has 19 heavy (non-hydrogen) atoms. The van der Waals surface area contributed by atoms with Gasteiger partial charge in [-0.2, -0.15) is 12.7 Å². The van der Waals surface area contributed by atoms with Gasteiger partial charge in [-0.15, -0.1) is 0 Å². The third kappa shape index (κ3) is 4.76. The molecule has 0 aliphatic rings. The van der Waals surface area contributed by atoms with Crippen molar-refractivity contribution in [2.24, 2.45) is 5.73 Å². The fraction of sp³-hybridized carbons (Fsp3) is 0.500. The summed E-state index contributed by atoms with van der Waals surface area (Å²) >= 11 is 3.38. The number of hydrogen-bond donors (Lipinski definition) is 2. The second kappa shape index (κ2) is 7.23. The molecule has 0 bridgehead atoms. The molecule has 3 N–H and O–H groups in total. The van der Waals surface area contributed by atoms with Crippen LogP contribution in [0.25, 0.3) is 0 Å². The molecule has 108 valence electrons. The first-order valence-corrected chi connectivity index (χ1v) is 8.36. The maximum atomic E-state index is 12.1. The topological polar surface area (TPSA) is 75.4 Å². The van der Waals surface area contributed by atoms with E-state index in [2.05, 4.69) is 20.7 Å². The summed E-state index contributed by atoms with van der Waals surface area (Å²) in [5.41, 5.74) is 6.95. The Morgan fingerprint density at radius 2 is 2.11 bits per heavy atom. The lowest BCUT2D eigenvalue weighted by Crippen LogP contribution is -2.34. The lowest BCUT2D eigenvalue weighted by Gasteiger charge is -2.19. The second-order valence-electron chi connectivity index (χ2n) is 4.23. The van der Waals surface area contributed by atoms with Crippen LogP contribution < -0.4 is 10.5 Å². The number of nitrogens with two attached hydrogens (primary N) is 1.